The van der Waals surface area contributed by atoms with Gasteiger partial charge in [-0.3, -0.25) is 4.79 Å². The maximum absolute atomic E-state index is 12.5. The summed E-state index contributed by atoms with van der Waals surface area (Å²) in [6, 6.07) is 16.4. The number of aromatic nitrogens is 2. The Hall–Kier alpha value is -3.90. The van der Waals surface area contributed by atoms with Gasteiger partial charge in [-0.05, 0) is 37.3 Å². The predicted octanol–water partition coefficient (Wildman–Crippen LogP) is 4.36. The summed E-state index contributed by atoms with van der Waals surface area (Å²) in [5, 5.41) is 16.8. The molecule has 4 rings (SSSR count). The molecule has 9 heteroatoms. The molecule has 0 atom stereocenters. The van der Waals surface area contributed by atoms with Gasteiger partial charge in [-0.1, -0.05) is 34.1 Å². The first-order valence-corrected chi connectivity index (χ1v) is 9.96. The van der Waals surface area contributed by atoms with Crippen molar-refractivity contribution < 1.29 is 18.7 Å². The molecule has 1 N–H and O–H groups in total. The van der Waals surface area contributed by atoms with Gasteiger partial charge in [-0.15, -0.1) is 0 Å². The van der Waals surface area contributed by atoms with E-state index in [1.807, 2.05) is 30.3 Å². The third-order valence-corrected chi connectivity index (χ3v) is 5.06. The number of rotatable bonds is 5. The molecule has 0 unspecified atom stereocenters. The molecule has 8 nitrogen and oxygen atoms in total. The van der Waals surface area contributed by atoms with E-state index in [0.29, 0.717) is 16.8 Å². The van der Waals surface area contributed by atoms with Crippen LogP contribution in [0.15, 0.2) is 63.6 Å². The predicted molar refractivity (Wildman–Crippen MR) is 116 cm³/mol. The fraction of sp³-hybridized carbons (Fsp3) is 0.0909. The van der Waals surface area contributed by atoms with Crippen LogP contribution < -0.4 is 5.32 Å². The number of aryl methyl sites for hydroxylation is 1. The van der Waals surface area contributed by atoms with E-state index in [1.165, 1.54) is 10.9 Å². The summed E-state index contributed by atoms with van der Waals surface area (Å²) in [5.41, 5.74) is 2.01. The number of esters is 1. The van der Waals surface area contributed by atoms with Gasteiger partial charge < -0.3 is 14.5 Å². The lowest BCUT2D eigenvalue weighted by Gasteiger charge is -2.09. The normalized spacial score (nSPS) is 10.6. The largest absolute Gasteiger partial charge is 0.450 e. The van der Waals surface area contributed by atoms with Crippen LogP contribution in [0.5, 0.6) is 0 Å². The number of halogens is 1. The maximum Gasteiger partial charge on any atom is 0.375 e. The Balaban J connectivity index is 1.48. The molecular weight excluding hydrogens is 464 g/mol. The number of ether oxygens (including phenoxy) is 1. The first kappa shape index (κ1) is 20.4. The van der Waals surface area contributed by atoms with Crippen molar-refractivity contribution >= 4 is 44.6 Å². The Labute approximate surface area is 185 Å². The van der Waals surface area contributed by atoms with Crippen LogP contribution in [-0.4, -0.2) is 28.3 Å². The number of nitrogens with zero attached hydrogens (tertiary/aromatic N) is 3. The summed E-state index contributed by atoms with van der Waals surface area (Å²) in [4.78, 5) is 24.9. The first-order valence-electron chi connectivity index (χ1n) is 9.17. The fourth-order valence-electron chi connectivity index (χ4n) is 3.07. The van der Waals surface area contributed by atoms with Crippen LogP contribution in [-0.2, 0) is 9.53 Å². The minimum atomic E-state index is -0.753. The van der Waals surface area contributed by atoms with Crippen LogP contribution >= 0.6 is 15.9 Å². The van der Waals surface area contributed by atoms with Gasteiger partial charge in [0, 0.05) is 15.4 Å². The molecule has 31 heavy (non-hydrogen) atoms. The van der Waals surface area contributed by atoms with E-state index in [9.17, 15) is 14.9 Å². The summed E-state index contributed by atoms with van der Waals surface area (Å²) in [7, 11) is 0. The highest BCUT2D eigenvalue weighted by Crippen LogP contribution is 2.28. The van der Waals surface area contributed by atoms with Crippen molar-refractivity contribution in [3.63, 3.8) is 0 Å². The molecule has 2 heterocycles. The maximum atomic E-state index is 12.5. The van der Waals surface area contributed by atoms with E-state index in [1.54, 1.807) is 31.2 Å². The van der Waals surface area contributed by atoms with Crippen molar-refractivity contribution in [1.82, 2.24) is 9.78 Å². The van der Waals surface area contributed by atoms with E-state index >= 15 is 0 Å². The molecule has 0 spiro atoms. The topological polar surface area (TPSA) is 110 Å². The Morgan fingerprint density at radius 2 is 2.03 bits per heavy atom. The van der Waals surface area contributed by atoms with Crippen molar-refractivity contribution in [3.05, 3.63) is 76.1 Å². The molecule has 154 valence electrons. The zero-order valence-electron chi connectivity index (χ0n) is 16.3. The van der Waals surface area contributed by atoms with E-state index in [4.69, 9.17) is 9.15 Å². The van der Waals surface area contributed by atoms with Crippen molar-refractivity contribution in [2.45, 2.75) is 6.92 Å². The van der Waals surface area contributed by atoms with Crippen LogP contribution in [0.4, 0.5) is 5.82 Å². The fourth-order valence-corrected chi connectivity index (χ4v) is 3.43. The number of amides is 1. The molecule has 0 bridgehead atoms. The molecule has 2 aromatic heterocycles. The second-order valence-corrected chi connectivity index (χ2v) is 7.50. The minimum Gasteiger partial charge on any atom is -0.450 e. The molecule has 0 radical (unpaired) electrons. The van der Waals surface area contributed by atoms with Gasteiger partial charge in [-0.25, -0.2) is 9.48 Å². The Morgan fingerprint density at radius 3 is 2.77 bits per heavy atom. The molecule has 0 fully saturated rings. The van der Waals surface area contributed by atoms with Gasteiger partial charge in [0.2, 0.25) is 5.76 Å². The third-order valence-electron chi connectivity index (χ3n) is 4.57. The number of hydrogen-bond donors (Lipinski definition) is 1. The molecule has 0 aliphatic rings. The third kappa shape index (κ3) is 4.06. The Morgan fingerprint density at radius 1 is 1.26 bits per heavy atom. The lowest BCUT2D eigenvalue weighted by Crippen LogP contribution is -2.23. The van der Waals surface area contributed by atoms with Gasteiger partial charge in [0.05, 0.1) is 11.9 Å². The number of benzene rings is 2. The number of para-hydroxylation sites is 1. The highest BCUT2D eigenvalue weighted by molar-refractivity contribution is 9.10. The molecular formula is C22H15BrN4O4. The number of hydrogen-bond acceptors (Lipinski definition) is 6. The number of nitrogens with one attached hydrogen (secondary N) is 1. The number of carbonyl (C=O) groups excluding carboxylic acids is 2. The highest BCUT2D eigenvalue weighted by Gasteiger charge is 2.21. The van der Waals surface area contributed by atoms with Crippen LogP contribution in [0.2, 0.25) is 0 Å². The van der Waals surface area contributed by atoms with E-state index in [0.717, 1.165) is 9.86 Å². The van der Waals surface area contributed by atoms with Crippen molar-refractivity contribution in [3.8, 4) is 11.8 Å². The summed E-state index contributed by atoms with van der Waals surface area (Å²) in [5.74, 6) is -1.14. The van der Waals surface area contributed by atoms with Crippen LogP contribution in [0.3, 0.4) is 0 Å². The molecule has 0 saturated carbocycles. The SMILES string of the molecule is Cc1c(C(=O)OCC(=O)Nc2c(C#N)cnn2-c2ccccc2)oc2ccc(Br)cc12. The smallest absolute Gasteiger partial charge is 0.375 e. The summed E-state index contributed by atoms with van der Waals surface area (Å²) in [6.07, 6.45) is 1.35. The lowest BCUT2D eigenvalue weighted by atomic mass is 10.1. The van der Waals surface area contributed by atoms with Gasteiger partial charge in [0.15, 0.2) is 12.4 Å². The zero-order valence-corrected chi connectivity index (χ0v) is 17.8. The van der Waals surface area contributed by atoms with Crippen LogP contribution in [0.25, 0.3) is 16.7 Å². The van der Waals surface area contributed by atoms with Crippen molar-refractivity contribution in [2.24, 2.45) is 0 Å². The number of furan rings is 1. The van der Waals surface area contributed by atoms with Crippen LogP contribution in [0.1, 0.15) is 21.7 Å². The average molecular weight is 479 g/mol. The molecule has 4 aromatic rings. The van der Waals surface area contributed by atoms with Crippen LogP contribution in [0, 0.1) is 18.3 Å². The van der Waals surface area contributed by atoms with Gasteiger partial charge in [0.25, 0.3) is 5.91 Å². The van der Waals surface area contributed by atoms with Crippen molar-refractivity contribution in [2.75, 3.05) is 11.9 Å². The molecule has 0 aliphatic carbocycles. The first-order chi connectivity index (χ1) is 15.0. The molecule has 0 aliphatic heterocycles. The summed E-state index contributed by atoms with van der Waals surface area (Å²) < 4.78 is 13.0. The lowest BCUT2D eigenvalue weighted by molar-refractivity contribution is -0.119. The molecule has 2 aromatic carbocycles. The van der Waals surface area contributed by atoms with E-state index < -0.39 is 18.5 Å². The Bertz CT molecular complexity index is 1340. The van der Waals surface area contributed by atoms with E-state index in [2.05, 4.69) is 26.3 Å². The minimum absolute atomic E-state index is 0.0351. The molecule has 0 saturated heterocycles. The number of fused-ring (bicyclic) bond motifs is 1. The monoisotopic (exact) mass is 478 g/mol. The second kappa shape index (κ2) is 8.45. The van der Waals surface area contributed by atoms with Gasteiger partial charge in [-0.2, -0.15) is 10.4 Å². The number of carbonyl (C=O) groups is 2. The standard InChI is InChI=1S/C22H15BrN4O4/c1-13-17-9-15(23)7-8-18(17)31-20(13)22(29)30-12-19(28)26-21-14(10-24)11-25-27(21)16-5-3-2-4-6-16/h2-9,11H,12H2,1H3,(H,26,28). The van der Waals surface area contributed by atoms with Crippen molar-refractivity contribution in [1.29, 1.82) is 5.26 Å². The van der Waals surface area contributed by atoms with E-state index in [-0.39, 0.29) is 17.1 Å². The summed E-state index contributed by atoms with van der Waals surface area (Å²) in [6.45, 7) is 1.19. The number of anilines is 1. The quantitative estimate of drug-likeness (QED) is 0.426. The number of nitriles is 1. The van der Waals surface area contributed by atoms with Gasteiger partial charge >= 0.3 is 5.97 Å². The highest BCUT2D eigenvalue weighted by atomic mass is 79.9. The Kier molecular flexibility index (Phi) is 5.56. The summed E-state index contributed by atoms with van der Waals surface area (Å²) >= 11 is 3.38. The molecule has 1 amide bonds. The average Bonchev–Trinajstić information content (AvgIpc) is 3.33. The van der Waals surface area contributed by atoms with Gasteiger partial charge in [0.1, 0.15) is 17.2 Å². The second-order valence-electron chi connectivity index (χ2n) is 6.59. The zero-order chi connectivity index (χ0) is 22.0.